The van der Waals surface area contributed by atoms with Gasteiger partial charge in [-0.3, -0.25) is 9.59 Å². The highest BCUT2D eigenvalue weighted by Gasteiger charge is 2.34. The zero-order chi connectivity index (χ0) is 20.3. The number of carbonyl (C=O) groups excluding carboxylic acids is 2. The third-order valence-corrected chi connectivity index (χ3v) is 3.87. The lowest BCUT2D eigenvalue weighted by Crippen LogP contribution is -2.23. The topological polar surface area (TPSA) is 103 Å². The Kier molecular flexibility index (Phi) is 5.12. The highest BCUT2D eigenvalue weighted by atomic mass is 19.4. The fourth-order valence-electron chi connectivity index (χ4n) is 2.46. The number of hydrogen-bond donors (Lipinski definition) is 2. The van der Waals surface area contributed by atoms with Crippen LogP contribution in [0.4, 0.5) is 13.2 Å². The van der Waals surface area contributed by atoms with Crippen LogP contribution in [0.2, 0.25) is 0 Å². The molecular formula is C18H14F3N5O2. The van der Waals surface area contributed by atoms with Gasteiger partial charge in [0.15, 0.2) is 5.69 Å². The number of aromatic nitrogens is 3. The van der Waals surface area contributed by atoms with Crippen LogP contribution >= 0.6 is 0 Å². The number of alkyl halides is 3. The smallest absolute Gasteiger partial charge is 0.366 e. The minimum absolute atomic E-state index is 0.129. The zero-order valence-electron chi connectivity index (χ0n) is 14.3. The molecule has 3 rings (SSSR count). The predicted molar refractivity (Wildman–Crippen MR) is 92.5 cm³/mol. The molecule has 0 aliphatic rings. The second-order valence-corrected chi connectivity index (χ2v) is 5.81. The Morgan fingerprint density at radius 3 is 2.39 bits per heavy atom. The first-order valence-electron chi connectivity index (χ1n) is 8.01. The molecule has 3 N–H and O–H groups in total. The summed E-state index contributed by atoms with van der Waals surface area (Å²) in [5, 5.41) is 9.84. The summed E-state index contributed by atoms with van der Waals surface area (Å²) in [5.41, 5.74) is 4.94. The van der Waals surface area contributed by atoms with Gasteiger partial charge in [0, 0.05) is 12.1 Å². The van der Waals surface area contributed by atoms with E-state index in [1.807, 2.05) is 0 Å². The van der Waals surface area contributed by atoms with Gasteiger partial charge in [0.1, 0.15) is 0 Å². The van der Waals surface area contributed by atoms with E-state index in [0.29, 0.717) is 11.1 Å². The van der Waals surface area contributed by atoms with Gasteiger partial charge in [-0.2, -0.15) is 13.2 Å². The Labute approximate surface area is 157 Å². The first-order chi connectivity index (χ1) is 13.3. The maximum absolute atomic E-state index is 13.1. The van der Waals surface area contributed by atoms with E-state index in [-0.39, 0.29) is 17.9 Å². The van der Waals surface area contributed by atoms with Crippen LogP contribution < -0.4 is 11.1 Å². The molecule has 0 unspecified atom stereocenters. The van der Waals surface area contributed by atoms with E-state index in [4.69, 9.17) is 5.73 Å². The number of nitrogens with two attached hydrogens (primary N) is 1. The number of amides is 2. The molecule has 0 spiro atoms. The number of hydrogen-bond acceptors (Lipinski definition) is 4. The van der Waals surface area contributed by atoms with Gasteiger partial charge in [0.05, 0.1) is 17.4 Å². The van der Waals surface area contributed by atoms with E-state index >= 15 is 0 Å². The summed E-state index contributed by atoms with van der Waals surface area (Å²) in [6.45, 7) is 0.129. The predicted octanol–water partition coefficient (Wildman–Crippen LogP) is 2.31. The lowest BCUT2D eigenvalue weighted by atomic mass is 10.1. The Hall–Kier alpha value is -3.69. The van der Waals surface area contributed by atoms with E-state index in [1.165, 1.54) is 30.3 Å². The van der Waals surface area contributed by atoms with Crippen LogP contribution in [0.25, 0.3) is 5.69 Å². The van der Waals surface area contributed by atoms with Crippen molar-refractivity contribution in [3.8, 4) is 5.69 Å². The molecule has 1 heterocycles. The Balaban J connectivity index is 1.72. The highest BCUT2D eigenvalue weighted by molar-refractivity contribution is 5.93. The van der Waals surface area contributed by atoms with Gasteiger partial charge in [0.2, 0.25) is 5.91 Å². The van der Waals surface area contributed by atoms with Crippen molar-refractivity contribution >= 4 is 11.8 Å². The van der Waals surface area contributed by atoms with Gasteiger partial charge in [-0.05, 0) is 29.8 Å². The maximum Gasteiger partial charge on any atom is 0.418 e. The van der Waals surface area contributed by atoms with Gasteiger partial charge in [-0.1, -0.05) is 29.5 Å². The summed E-state index contributed by atoms with van der Waals surface area (Å²) in [6, 6.07) is 11.1. The van der Waals surface area contributed by atoms with Crippen molar-refractivity contribution in [1.29, 1.82) is 0 Å². The van der Waals surface area contributed by atoms with Gasteiger partial charge in [-0.25, -0.2) is 4.68 Å². The number of nitrogens with one attached hydrogen (secondary N) is 1. The number of para-hydroxylation sites is 1. The molecule has 2 amide bonds. The van der Waals surface area contributed by atoms with E-state index in [1.54, 1.807) is 12.1 Å². The fourth-order valence-corrected chi connectivity index (χ4v) is 2.46. The van der Waals surface area contributed by atoms with Crippen LogP contribution in [0.15, 0.2) is 54.7 Å². The number of benzene rings is 2. The molecule has 0 fully saturated rings. The van der Waals surface area contributed by atoms with Crippen LogP contribution in [0.1, 0.15) is 32.0 Å². The van der Waals surface area contributed by atoms with E-state index in [2.05, 4.69) is 15.6 Å². The SMILES string of the molecule is NC(=O)c1ccc(CNC(=O)c2cn(-c3ccccc3C(F)(F)F)nn2)cc1. The monoisotopic (exact) mass is 389 g/mol. The second kappa shape index (κ2) is 7.51. The number of primary amides is 1. The third-order valence-electron chi connectivity index (χ3n) is 3.87. The van der Waals surface area contributed by atoms with Crippen LogP contribution in [0.3, 0.4) is 0 Å². The van der Waals surface area contributed by atoms with Crippen LogP contribution in [0.5, 0.6) is 0 Å². The molecule has 7 nitrogen and oxygen atoms in total. The van der Waals surface area contributed by atoms with Crippen LogP contribution in [0, 0.1) is 0 Å². The van der Waals surface area contributed by atoms with Crippen molar-refractivity contribution in [1.82, 2.24) is 20.3 Å². The van der Waals surface area contributed by atoms with Gasteiger partial charge in [-0.15, -0.1) is 5.10 Å². The lowest BCUT2D eigenvalue weighted by molar-refractivity contribution is -0.137. The number of halogens is 3. The second-order valence-electron chi connectivity index (χ2n) is 5.81. The Bertz CT molecular complexity index is 1010. The molecule has 144 valence electrons. The van der Waals surface area contributed by atoms with Crippen molar-refractivity contribution in [2.45, 2.75) is 12.7 Å². The first kappa shape index (κ1) is 19.1. The zero-order valence-corrected chi connectivity index (χ0v) is 14.3. The minimum atomic E-state index is -4.57. The van der Waals surface area contributed by atoms with E-state index in [9.17, 15) is 22.8 Å². The number of rotatable bonds is 5. The summed E-state index contributed by atoms with van der Waals surface area (Å²) in [4.78, 5) is 23.2. The molecule has 28 heavy (non-hydrogen) atoms. The molecule has 10 heteroatoms. The van der Waals surface area contributed by atoms with Crippen molar-refractivity contribution in [2.75, 3.05) is 0 Å². The third kappa shape index (κ3) is 4.17. The summed E-state index contributed by atoms with van der Waals surface area (Å²) >= 11 is 0. The summed E-state index contributed by atoms with van der Waals surface area (Å²) in [6.07, 6.45) is -3.45. The minimum Gasteiger partial charge on any atom is -0.366 e. The van der Waals surface area contributed by atoms with Gasteiger partial charge in [0.25, 0.3) is 5.91 Å². The van der Waals surface area contributed by atoms with Crippen molar-refractivity contribution in [2.24, 2.45) is 5.73 Å². The largest absolute Gasteiger partial charge is 0.418 e. The molecule has 0 saturated carbocycles. The van der Waals surface area contributed by atoms with Crippen molar-refractivity contribution in [3.63, 3.8) is 0 Å². The number of carbonyl (C=O) groups is 2. The molecule has 0 radical (unpaired) electrons. The maximum atomic E-state index is 13.1. The fraction of sp³-hybridized carbons (Fsp3) is 0.111. The van der Waals surface area contributed by atoms with Crippen LogP contribution in [-0.4, -0.2) is 26.8 Å². The Morgan fingerprint density at radius 1 is 1.07 bits per heavy atom. The molecule has 0 saturated heterocycles. The molecule has 0 atom stereocenters. The van der Waals surface area contributed by atoms with Gasteiger partial charge >= 0.3 is 6.18 Å². The molecule has 0 aliphatic carbocycles. The summed E-state index contributed by atoms with van der Waals surface area (Å²) < 4.78 is 40.3. The molecule has 3 aromatic rings. The lowest BCUT2D eigenvalue weighted by Gasteiger charge is -2.11. The van der Waals surface area contributed by atoms with E-state index in [0.717, 1.165) is 16.9 Å². The Morgan fingerprint density at radius 2 is 1.75 bits per heavy atom. The van der Waals surface area contributed by atoms with Gasteiger partial charge < -0.3 is 11.1 Å². The van der Waals surface area contributed by atoms with Crippen molar-refractivity contribution in [3.05, 3.63) is 77.1 Å². The molecular weight excluding hydrogens is 375 g/mol. The average Bonchev–Trinajstić information content (AvgIpc) is 3.16. The first-order valence-corrected chi connectivity index (χ1v) is 8.01. The molecule has 2 aromatic carbocycles. The summed E-state index contributed by atoms with van der Waals surface area (Å²) in [7, 11) is 0. The highest BCUT2D eigenvalue weighted by Crippen LogP contribution is 2.33. The molecule has 1 aromatic heterocycles. The average molecular weight is 389 g/mol. The molecule has 0 bridgehead atoms. The quantitative estimate of drug-likeness (QED) is 0.699. The van der Waals surface area contributed by atoms with E-state index < -0.39 is 23.6 Å². The van der Waals surface area contributed by atoms with Crippen LogP contribution in [-0.2, 0) is 12.7 Å². The van der Waals surface area contributed by atoms with Crippen molar-refractivity contribution < 1.29 is 22.8 Å². The standard InChI is InChI=1S/C18H14F3N5O2/c19-18(20,21)13-3-1-2-4-15(13)26-10-14(24-25-26)17(28)23-9-11-5-7-12(8-6-11)16(22)27/h1-8,10H,9H2,(H2,22,27)(H,23,28). The normalized spacial score (nSPS) is 11.2. The number of nitrogens with zero attached hydrogens (tertiary/aromatic N) is 3. The summed E-state index contributed by atoms with van der Waals surface area (Å²) in [5.74, 6) is -1.17. The molecule has 0 aliphatic heterocycles.